The lowest BCUT2D eigenvalue weighted by molar-refractivity contribution is -0.201. The summed E-state index contributed by atoms with van der Waals surface area (Å²) in [7, 11) is 1.73. The van der Waals surface area contributed by atoms with Crippen molar-refractivity contribution in [2.75, 3.05) is 15.7 Å². The van der Waals surface area contributed by atoms with Gasteiger partial charge in [-0.15, -0.1) is 5.06 Å². The van der Waals surface area contributed by atoms with E-state index in [4.69, 9.17) is 0 Å². The molecule has 0 radical (unpaired) electrons. The molecule has 4 rings (SSSR count). The minimum atomic E-state index is -5.39. The number of aryl methyl sites for hydroxylation is 1. The maximum absolute atomic E-state index is 15.0. The Morgan fingerprint density at radius 2 is 1.81 bits per heavy atom. The smallest absolute Gasteiger partial charge is 0.337 e. The van der Waals surface area contributed by atoms with E-state index < -0.39 is 23.9 Å². The van der Waals surface area contributed by atoms with Crippen molar-refractivity contribution in [3.63, 3.8) is 0 Å². The molecular weight excluding hydrogens is 558 g/mol. The van der Waals surface area contributed by atoms with Crippen LogP contribution in [0.2, 0.25) is 0 Å². The molecule has 2 aromatic heterocycles. The average molecular weight is 584 g/mol. The zero-order valence-electron chi connectivity index (χ0n) is 22.6. The fraction of sp³-hybridized carbons (Fsp3) is 0.179. The molecule has 0 aliphatic rings. The molecule has 2 aromatic carbocycles. The van der Waals surface area contributed by atoms with Gasteiger partial charge in [-0.3, -0.25) is 9.48 Å². The van der Waals surface area contributed by atoms with Crippen LogP contribution in [0.5, 0.6) is 0 Å². The van der Waals surface area contributed by atoms with Gasteiger partial charge < -0.3 is 15.5 Å². The highest BCUT2D eigenvalue weighted by Gasteiger charge is 2.43. The summed E-state index contributed by atoms with van der Waals surface area (Å²) in [6, 6.07) is 10.4. The Morgan fingerprint density at radius 1 is 1.10 bits per heavy atom. The molecule has 0 aliphatic carbocycles. The van der Waals surface area contributed by atoms with E-state index in [1.165, 1.54) is 6.20 Å². The van der Waals surface area contributed by atoms with Crippen LogP contribution in [-0.4, -0.2) is 37.8 Å². The van der Waals surface area contributed by atoms with E-state index in [2.05, 4.69) is 37.1 Å². The quantitative estimate of drug-likeness (QED) is 0.144. The maximum Gasteiger partial charge on any atom is 0.493 e. The third kappa shape index (κ3) is 6.89. The number of anilines is 5. The second-order valence-electron chi connectivity index (χ2n) is 9.26. The highest BCUT2D eigenvalue weighted by Crippen LogP contribution is 2.33. The largest absolute Gasteiger partial charge is 0.493 e. The number of hydrogen-bond acceptors (Lipinski definition) is 8. The van der Waals surface area contributed by atoms with Crippen molar-refractivity contribution in [2.45, 2.75) is 25.9 Å². The van der Waals surface area contributed by atoms with Gasteiger partial charge in [-0.25, -0.2) is 14.2 Å². The fourth-order valence-electron chi connectivity index (χ4n) is 3.72. The summed E-state index contributed by atoms with van der Waals surface area (Å²) >= 11 is 0. The highest BCUT2D eigenvalue weighted by molar-refractivity contribution is 6.01. The molecule has 1 amide bonds. The summed E-state index contributed by atoms with van der Waals surface area (Å²) in [5.74, 6) is -4.14. The number of nitrogens with one attached hydrogen (secondary N) is 2. The van der Waals surface area contributed by atoms with Crippen molar-refractivity contribution >= 4 is 40.7 Å². The van der Waals surface area contributed by atoms with Crippen LogP contribution in [0.3, 0.4) is 0 Å². The second kappa shape index (κ2) is 12.1. The monoisotopic (exact) mass is 583 g/mol. The first-order valence-electron chi connectivity index (χ1n) is 12.4. The molecule has 218 valence electrons. The summed E-state index contributed by atoms with van der Waals surface area (Å²) in [6.45, 7) is 7.30. The number of hydroxylamine groups is 1. The van der Waals surface area contributed by atoms with Crippen molar-refractivity contribution in [1.82, 2.24) is 19.7 Å². The van der Waals surface area contributed by atoms with Crippen molar-refractivity contribution in [1.29, 1.82) is 0 Å². The molecule has 0 unspecified atom stereocenters. The molecule has 2 heterocycles. The molecule has 0 bridgehead atoms. The number of rotatable bonds is 8. The number of hydrogen-bond donors (Lipinski definition) is 2. The number of amides is 1. The van der Waals surface area contributed by atoms with Gasteiger partial charge in [0.2, 0.25) is 5.95 Å². The number of alkyl halides is 3. The fourth-order valence-corrected chi connectivity index (χ4v) is 3.72. The Bertz CT molecular complexity index is 1620. The number of benzene rings is 2. The van der Waals surface area contributed by atoms with Crippen LogP contribution < -0.4 is 15.7 Å². The number of halogens is 4. The lowest BCUT2D eigenvalue weighted by Gasteiger charge is -2.21. The molecule has 4 aromatic rings. The molecule has 0 aliphatic heterocycles. The van der Waals surface area contributed by atoms with Crippen LogP contribution in [0, 0.1) is 5.82 Å². The minimum Gasteiger partial charge on any atom is -0.337 e. The molecule has 42 heavy (non-hydrogen) atoms. The van der Waals surface area contributed by atoms with Gasteiger partial charge in [-0.2, -0.15) is 23.3 Å². The molecule has 0 atom stereocenters. The first kappa shape index (κ1) is 29.7. The molecule has 0 fully saturated rings. The normalized spacial score (nSPS) is 11.2. The van der Waals surface area contributed by atoms with Gasteiger partial charge in [0.25, 0.3) is 5.91 Å². The van der Waals surface area contributed by atoms with Crippen LogP contribution in [-0.2, 0) is 21.5 Å². The van der Waals surface area contributed by atoms with E-state index in [9.17, 15) is 22.8 Å². The van der Waals surface area contributed by atoms with Gasteiger partial charge in [0, 0.05) is 25.0 Å². The minimum absolute atomic E-state index is 0.0638. The van der Waals surface area contributed by atoms with Gasteiger partial charge in [-0.1, -0.05) is 44.7 Å². The average Bonchev–Trinajstić information content (AvgIpc) is 3.36. The van der Waals surface area contributed by atoms with E-state index in [0.717, 1.165) is 23.8 Å². The number of carbonyl (C=O) groups is 2. The van der Waals surface area contributed by atoms with Gasteiger partial charge in [0.15, 0.2) is 0 Å². The second-order valence-corrected chi connectivity index (χ2v) is 9.26. The van der Waals surface area contributed by atoms with E-state index in [0.29, 0.717) is 22.9 Å². The zero-order valence-corrected chi connectivity index (χ0v) is 22.6. The lowest BCUT2D eigenvalue weighted by Crippen LogP contribution is -2.38. The molecule has 10 nitrogen and oxygen atoms in total. The molecule has 14 heteroatoms. The van der Waals surface area contributed by atoms with E-state index in [1.54, 1.807) is 24.1 Å². The van der Waals surface area contributed by atoms with Gasteiger partial charge in [0.1, 0.15) is 11.6 Å². The van der Waals surface area contributed by atoms with Crippen molar-refractivity contribution in [3.05, 3.63) is 85.1 Å². The van der Waals surface area contributed by atoms with Crippen molar-refractivity contribution in [2.24, 2.45) is 7.05 Å². The Kier molecular flexibility index (Phi) is 8.54. The molecule has 0 saturated heterocycles. The van der Waals surface area contributed by atoms with Crippen LogP contribution in [0.25, 0.3) is 11.1 Å². The Hall–Kier alpha value is -5.27. The van der Waals surface area contributed by atoms with E-state index >= 15 is 4.39 Å². The number of aromatic nitrogens is 4. The van der Waals surface area contributed by atoms with Crippen molar-refractivity contribution < 1.29 is 32.0 Å². The number of nitrogens with zero attached hydrogens (tertiary/aromatic N) is 5. The predicted octanol–water partition coefficient (Wildman–Crippen LogP) is 6.17. The summed E-state index contributed by atoms with van der Waals surface area (Å²) < 4.78 is 55.2. The van der Waals surface area contributed by atoms with Crippen LogP contribution in [0.1, 0.15) is 25.3 Å². The van der Waals surface area contributed by atoms with E-state index in [1.807, 2.05) is 38.1 Å². The molecular formula is C28H25F4N7O3. The highest BCUT2D eigenvalue weighted by atomic mass is 19.4. The van der Waals surface area contributed by atoms with Crippen LogP contribution >= 0.6 is 0 Å². The van der Waals surface area contributed by atoms with Crippen LogP contribution in [0.15, 0.2) is 73.7 Å². The third-order valence-corrected chi connectivity index (χ3v) is 5.86. The molecule has 0 saturated carbocycles. The Labute approximate surface area is 237 Å². The standard InChI is InChI=1S/C28H25F4N7O3/c1-5-24(40)39(42-26(41)28(30,31)32)20-10-11-22(29)23(12-20)36-25-21(18-8-6-17(7-9-18)16(2)3)14-33-27(37-25)35-19-13-34-38(4)15-19/h5-16H,1H2,2-4H3,(H2,33,35,36,37). The summed E-state index contributed by atoms with van der Waals surface area (Å²) in [4.78, 5) is 36.9. The Morgan fingerprint density at radius 3 is 2.40 bits per heavy atom. The zero-order chi connectivity index (χ0) is 30.6. The molecule has 2 N–H and O–H groups in total. The maximum atomic E-state index is 15.0. The van der Waals surface area contributed by atoms with E-state index in [-0.39, 0.29) is 34.1 Å². The lowest BCUT2D eigenvalue weighted by atomic mass is 9.99. The summed E-state index contributed by atoms with van der Waals surface area (Å²) in [6.07, 6.45) is -0.00464. The third-order valence-electron chi connectivity index (χ3n) is 5.86. The van der Waals surface area contributed by atoms with Crippen molar-refractivity contribution in [3.8, 4) is 11.1 Å². The summed E-state index contributed by atoms with van der Waals surface area (Å²) in [5.41, 5.74) is 2.15. The van der Waals surface area contributed by atoms with Crippen LogP contribution in [0.4, 0.5) is 46.4 Å². The SMILES string of the molecule is C=CC(=O)N(OC(=O)C(F)(F)F)c1ccc(F)c(Nc2nc(Nc3cnn(C)c3)ncc2-c2ccc(C(C)C)cc2)c1. The number of carbonyl (C=O) groups excluding carboxylic acids is 2. The Balaban J connectivity index is 1.76. The molecule has 0 spiro atoms. The van der Waals surface area contributed by atoms with Gasteiger partial charge >= 0.3 is 12.1 Å². The first-order chi connectivity index (χ1) is 19.8. The predicted molar refractivity (Wildman–Crippen MR) is 148 cm³/mol. The van der Waals surface area contributed by atoms with Gasteiger partial charge in [-0.05, 0) is 41.3 Å². The topological polar surface area (TPSA) is 114 Å². The summed E-state index contributed by atoms with van der Waals surface area (Å²) in [5, 5.41) is 9.96. The van der Waals surface area contributed by atoms with Gasteiger partial charge in [0.05, 0.1) is 23.3 Å². The first-order valence-corrected chi connectivity index (χ1v) is 12.4.